The van der Waals surface area contributed by atoms with E-state index in [1.165, 1.54) is 11.3 Å². The number of hydrogen-bond acceptors (Lipinski definition) is 4. The molecule has 0 fully saturated rings. The van der Waals surface area contributed by atoms with Gasteiger partial charge in [0.15, 0.2) is 10.2 Å². The van der Waals surface area contributed by atoms with Crippen LogP contribution in [0.2, 0.25) is 0 Å². The van der Waals surface area contributed by atoms with Crippen molar-refractivity contribution in [1.29, 1.82) is 0 Å². The second-order valence-corrected chi connectivity index (χ2v) is 5.32. The Bertz CT molecular complexity index is 573. The second-order valence-electron chi connectivity index (χ2n) is 4.02. The minimum Gasteiger partial charge on any atom is -0.480 e. The molecule has 104 valence electrons. The summed E-state index contributed by atoms with van der Waals surface area (Å²) < 4.78 is 0. The molecular weight excluding hydrogens is 294 g/mol. The van der Waals surface area contributed by atoms with Crippen molar-refractivity contribution in [3.05, 3.63) is 47.5 Å². The highest BCUT2D eigenvalue weighted by Gasteiger charge is 2.19. The van der Waals surface area contributed by atoms with E-state index in [0.29, 0.717) is 11.6 Å². The van der Waals surface area contributed by atoms with Gasteiger partial charge >= 0.3 is 5.97 Å². The van der Waals surface area contributed by atoms with Crippen molar-refractivity contribution in [2.75, 3.05) is 5.32 Å². The molecule has 5 nitrogen and oxygen atoms in total. The predicted molar refractivity (Wildman–Crippen MR) is 83.0 cm³/mol. The highest BCUT2D eigenvalue weighted by molar-refractivity contribution is 7.80. The molecule has 2 rings (SSSR count). The van der Waals surface area contributed by atoms with Crippen LogP contribution in [-0.4, -0.2) is 27.2 Å². The fourth-order valence-corrected chi connectivity index (χ4v) is 2.46. The molecule has 20 heavy (non-hydrogen) atoms. The monoisotopic (exact) mass is 307 g/mol. The minimum atomic E-state index is -0.947. The Kier molecular flexibility index (Phi) is 5.03. The maximum atomic E-state index is 11.3. The number of nitrogens with one attached hydrogen (secondary N) is 2. The van der Waals surface area contributed by atoms with Crippen LogP contribution in [-0.2, 0) is 11.2 Å². The number of anilines is 1. The van der Waals surface area contributed by atoms with Gasteiger partial charge in [-0.2, -0.15) is 0 Å². The lowest BCUT2D eigenvalue weighted by molar-refractivity contribution is -0.139. The summed E-state index contributed by atoms with van der Waals surface area (Å²) in [6.07, 6.45) is 2.00. The summed E-state index contributed by atoms with van der Waals surface area (Å²) in [6, 6.07) is 8.63. The predicted octanol–water partition coefficient (Wildman–Crippen LogP) is 2.13. The molecule has 0 bridgehead atoms. The molecule has 0 radical (unpaired) electrons. The van der Waals surface area contributed by atoms with Crippen molar-refractivity contribution in [1.82, 2.24) is 10.3 Å². The number of carboxylic acids is 1. The molecule has 2 aromatic rings. The molecule has 0 amide bonds. The maximum Gasteiger partial charge on any atom is 0.326 e. The highest BCUT2D eigenvalue weighted by Crippen LogP contribution is 2.10. The largest absolute Gasteiger partial charge is 0.480 e. The standard InChI is InChI=1S/C13H13N3O2S2/c17-11(18)10(8-9-4-2-1-3-5-9)15-12(19)16-13-14-6-7-20-13/h1-7,10H,8H2,(H,17,18)(H2,14,15,16,19)/t10-/m0/s1. The van der Waals surface area contributed by atoms with Crippen LogP contribution in [0.1, 0.15) is 5.56 Å². The Morgan fingerprint density at radius 2 is 2.15 bits per heavy atom. The van der Waals surface area contributed by atoms with Crippen LogP contribution in [0, 0.1) is 0 Å². The van der Waals surface area contributed by atoms with Crippen LogP contribution in [0.15, 0.2) is 41.9 Å². The third-order valence-corrected chi connectivity index (χ3v) is 3.45. The van der Waals surface area contributed by atoms with Gasteiger partial charge in [0.25, 0.3) is 0 Å². The van der Waals surface area contributed by atoms with Gasteiger partial charge in [-0.05, 0) is 17.8 Å². The van der Waals surface area contributed by atoms with Gasteiger partial charge in [0.05, 0.1) is 0 Å². The summed E-state index contributed by atoms with van der Waals surface area (Å²) in [5.41, 5.74) is 0.935. The summed E-state index contributed by atoms with van der Waals surface area (Å²) in [6.45, 7) is 0. The molecule has 0 aliphatic rings. The Morgan fingerprint density at radius 1 is 1.40 bits per heavy atom. The fourth-order valence-electron chi connectivity index (χ4n) is 1.63. The number of aromatic nitrogens is 1. The zero-order valence-corrected chi connectivity index (χ0v) is 12.1. The molecule has 0 aliphatic heterocycles. The van der Waals surface area contributed by atoms with E-state index >= 15 is 0 Å². The van der Waals surface area contributed by atoms with E-state index in [0.717, 1.165) is 5.56 Å². The number of hydrogen-bond donors (Lipinski definition) is 3. The summed E-state index contributed by atoms with van der Waals surface area (Å²) in [4.78, 5) is 15.3. The lowest BCUT2D eigenvalue weighted by Gasteiger charge is -2.16. The highest BCUT2D eigenvalue weighted by atomic mass is 32.1. The third-order valence-electron chi connectivity index (χ3n) is 2.54. The van der Waals surface area contributed by atoms with E-state index in [1.807, 2.05) is 35.7 Å². The van der Waals surface area contributed by atoms with E-state index in [4.69, 9.17) is 12.2 Å². The summed E-state index contributed by atoms with van der Waals surface area (Å²) >= 11 is 6.49. The van der Waals surface area contributed by atoms with Crippen LogP contribution in [0.5, 0.6) is 0 Å². The summed E-state index contributed by atoms with van der Waals surface area (Å²) in [5, 5.41) is 17.6. The van der Waals surface area contributed by atoms with Crippen LogP contribution < -0.4 is 10.6 Å². The van der Waals surface area contributed by atoms with E-state index in [9.17, 15) is 9.90 Å². The van der Waals surface area contributed by atoms with Crippen LogP contribution >= 0.6 is 23.6 Å². The molecule has 1 atom stereocenters. The quantitative estimate of drug-likeness (QED) is 0.735. The Balaban J connectivity index is 1.95. The number of benzene rings is 1. The average Bonchev–Trinajstić information content (AvgIpc) is 2.92. The van der Waals surface area contributed by atoms with Gasteiger partial charge in [0.1, 0.15) is 6.04 Å². The number of rotatable bonds is 5. The molecule has 0 aliphatic carbocycles. The topological polar surface area (TPSA) is 74.2 Å². The molecule has 1 aromatic heterocycles. The van der Waals surface area contributed by atoms with Crippen LogP contribution in [0.25, 0.3) is 0 Å². The van der Waals surface area contributed by atoms with E-state index in [-0.39, 0.29) is 5.11 Å². The van der Waals surface area contributed by atoms with Gasteiger partial charge in [0.2, 0.25) is 0 Å². The van der Waals surface area contributed by atoms with E-state index in [2.05, 4.69) is 15.6 Å². The zero-order chi connectivity index (χ0) is 14.4. The first-order chi connectivity index (χ1) is 9.65. The van der Waals surface area contributed by atoms with Gasteiger partial charge in [-0.25, -0.2) is 9.78 Å². The number of nitrogens with zero attached hydrogens (tertiary/aromatic N) is 1. The number of thiocarbonyl (C=S) groups is 1. The van der Waals surface area contributed by atoms with Gasteiger partial charge < -0.3 is 15.7 Å². The van der Waals surface area contributed by atoms with Crippen molar-refractivity contribution in [3.8, 4) is 0 Å². The smallest absolute Gasteiger partial charge is 0.326 e. The normalized spacial score (nSPS) is 11.6. The molecule has 0 saturated heterocycles. The minimum absolute atomic E-state index is 0.253. The first-order valence-electron chi connectivity index (χ1n) is 5.89. The third kappa shape index (κ3) is 4.29. The van der Waals surface area contributed by atoms with Crippen molar-refractivity contribution < 1.29 is 9.90 Å². The van der Waals surface area contributed by atoms with Crippen LogP contribution in [0.3, 0.4) is 0 Å². The molecule has 1 aromatic carbocycles. The van der Waals surface area contributed by atoms with Gasteiger partial charge in [0, 0.05) is 18.0 Å². The summed E-state index contributed by atoms with van der Waals surface area (Å²) in [7, 11) is 0. The number of aliphatic carboxylic acids is 1. The molecule has 0 saturated carbocycles. The van der Waals surface area contributed by atoms with E-state index in [1.54, 1.807) is 6.20 Å². The Morgan fingerprint density at radius 3 is 2.75 bits per heavy atom. The van der Waals surface area contributed by atoms with Crippen molar-refractivity contribution in [2.24, 2.45) is 0 Å². The lowest BCUT2D eigenvalue weighted by atomic mass is 10.1. The SMILES string of the molecule is O=C(O)[C@H](Cc1ccccc1)NC(=S)Nc1nccs1. The lowest BCUT2D eigenvalue weighted by Crippen LogP contribution is -2.44. The first kappa shape index (κ1) is 14.4. The molecule has 3 N–H and O–H groups in total. The van der Waals surface area contributed by atoms with Crippen molar-refractivity contribution >= 4 is 39.8 Å². The Hall–Kier alpha value is -1.99. The average molecular weight is 307 g/mol. The zero-order valence-electron chi connectivity index (χ0n) is 10.4. The number of thiazole rings is 1. The maximum absolute atomic E-state index is 11.3. The molecule has 1 heterocycles. The van der Waals surface area contributed by atoms with E-state index < -0.39 is 12.0 Å². The van der Waals surface area contributed by atoms with Crippen molar-refractivity contribution in [2.45, 2.75) is 12.5 Å². The summed E-state index contributed by atoms with van der Waals surface area (Å²) in [5.74, 6) is -0.947. The first-order valence-corrected chi connectivity index (χ1v) is 7.17. The molecule has 0 unspecified atom stereocenters. The molecular formula is C13H13N3O2S2. The number of carboxylic acid groups (broad SMARTS) is 1. The molecule has 7 heteroatoms. The van der Waals surface area contributed by atoms with Gasteiger partial charge in [-0.3, -0.25) is 0 Å². The fraction of sp³-hybridized carbons (Fsp3) is 0.154. The van der Waals surface area contributed by atoms with Crippen molar-refractivity contribution in [3.63, 3.8) is 0 Å². The van der Waals surface area contributed by atoms with Gasteiger partial charge in [-0.1, -0.05) is 30.3 Å². The second kappa shape index (κ2) is 6.97. The Labute approximate surface area is 125 Å². The van der Waals surface area contributed by atoms with Crippen LogP contribution in [0.4, 0.5) is 5.13 Å². The number of carbonyl (C=O) groups is 1. The molecule has 0 spiro atoms. The van der Waals surface area contributed by atoms with Gasteiger partial charge in [-0.15, -0.1) is 11.3 Å².